The number of morpholine rings is 1. The number of fused-ring (bicyclic) bond motifs is 1. The maximum Gasteiger partial charge on any atom is 0.224 e. The van der Waals surface area contributed by atoms with Gasteiger partial charge in [0, 0.05) is 50.3 Å². The predicted molar refractivity (Wildman–Crippen MR) is 151 cm³/mol. The molecule has 12 nitrogen and oxygen atoms in total. The minimum absolute atomic E-state index is 0.0693. The summed E-state index contributed by atoms with van der Waals surface area (Å²) in [6, 6.07) is 0.377. The molecule has 0 spiro atoms. The van der Waals surface area contributed by atoms with Gasteiger partial charge in [0.25, 0.3) is 0 Å². The zero-order chi connectivity index (χ0) is 26.9. The summed E-state index contributed by atoms with van der Waals surface area (Å²) in [6.45, 7) is 4.79. The molecule has 0 bridgehead atoms. The van der Waals surface area contributed by atoms with E-state index in [0.717, 1.165) is 37.5 Å². The number of ether oxygens (including phenoxy) is 2. The summed E-state index contributed by atoms with van der Waals surface area (Å²) in [5.74, 6) is -0.450. The minimum atomic E-state index is -0.387. The van der Waals surface area contributed by atoms with Crippen molar-refractivity contribution < 1.29 is 19.1 Å². The summed E-state index contributed by atoms with van der Waals surface area (Å²) in [5.41, 5.74) is 12.1. The van der Waals surface area contributed by atoms with E-state index in [2.05, 4.69) is 31.5 Å². The quantitative estimate of drug-likeness (QED) is 0.180. The summed E-state index contributed by atoms with van der Waals surface area (Å²) in [6.07, 6.45) is 5.39. The van der Waals surface area contributed by atoms with Crippen LogP contribution in [0.2, 0.25) is 0 Å². The number of hydrogen-bond acceptors (Lipinski definition) is 13. The average Bonchev–Trinajstić information content (AvgIpc) is 3.58. The van der Waals surface area contributed by atoms with Crippen LogP contribution in [0.4, 0.5) is 0 Å². The monoisotopic (exact) mass is 582 g/mol. The first-order chi connectivity index (χ1) is 19.0. The van der Waals surface area contributed by atoms with E-state index in [-0.39, 0.29) is 70.2 Å². The summed E-state index contributed by atoms with van der Waals surface area (Å²) in [7, 11) is 0. The number of nitrogens with zero attached hydrogens (tertiary/aromatic N) is 1. The van der Waals surface area contributed by atoms with E-state index in [1.165, 1.54) is 12.8 Å². The number of hydrogen-bond donors (Lipinski definition) is 7. The molecule has 5 fully saturated rings. The van der Waals surface area contributed by atoms with Gasteiger partial charge < -0.3 is 31.2 Å². The smallest absolute Gasteiger partial charge is 0.224 e. The first kappa shape index (κ1) is 28.2. The van der Waals surface area contributed by atoms with Crippen molar-refractivity contribution in [3.63, 3.8) is 0 Å². The molecule has 1 amide bonds. The molecular weight excluding hydrogens is 540 g/mol. The molecule has 6 rings (SSSR count). The standard InChI is InChI=1S/C25H42N8O4S2/c26-15-3-1-2-4-16(15)30-25-29-10-13(22(27)35)23(32-25)31-18-11-28-24(38-18)14-12-37-20-17(34)9-19(39-21(14)20)33-5-7-36-8-6-33/h9,13-16,18,20-21,23-25,28-32H,1-8,10-12,26H2,(H2,27,35)/t13?,14?,15-,16+,18?,20?,21?,23?,24?,25?/m1/s1. The van der Waals surface area contributed by atoms with Gasteiger partial charge in [-0.2, -0.15) is 0 Å². The van der Waals surface area contributed by atoms with Gasteiger partial charge in [0.1, 0.15) is 12.4 Å². The lowest BCUT2D eigenvalue weighted by Gasteiger charge is -2.41. The Labute approximate surface area is 238 Å². The molecule has 5 heterocycles. The molecule has 0 aromatic heterocycles. The second-order valence-electron chi connectivity index (χ2n) is 11.3. The van der Waals surface area contributed by atoms with Crippen molar-refractivity contribution in [1.82, 2.24) is 31.5 Å². The van der Waals surface area contributed by atoms with Crippen molar-refractivity contribution in [3.05, 3.63) is 11.1 Å². The SMILES string of the molecule is NC(=O)C1CNC(N[C@H]2CCCC[C@H]2N)NC1NC1CNC(C2COC3C(=O)C=C(N4CCOCC4)SC32)S1. The highest BCUT2D eigenvalue weighted by molar-refractivity contribution is 8.04. The zero-order valence-corrected chi connectivity index (χ0v) is 23.8. The molecule has 6 aliphatic rings. The van der Waals surface area contributed by atoms with E-state index < -0.39 is 0 Å². The molecular formula is C25H42N8O4S2. The van der Waals surface area contributed by atoms with Gasteiger partial charge in [-0.25, -0.2) is 0 Å². The molecule has 5 aliphatic heterocycles. The number of primary amides is 1. The number of nitrogens with one attached hydrogen (secondary N) is 5. The first-order valence-corrected chi connectivity index (χ1v) is 16.1. The largest absolute Gasteiger partial charge is 0.378 e. The van der Waals surface area contributed by atoms with E-state index in [4.69, 9.17) is 20.9 Å². The Hall–Kier alpha value is -0.940. The number of ketones is 1. The lowest BCUT2D eigenvalue weighted by Crippen LogP contribution is -2.72. The van der Waals surface area contributed by atoms with Gasteiger partial charge in [-0.15, -0.1) is 23.5 Å². The van der Waals surface area contributed by atoms with Crippen molar-refractivity contribution in [2.24, 2.45) is 23.3 Å². The Morgan fingerprint density at radius 2 is 1.95 bits per heavy atom. The Kier molecular flexibility index (Phi) is 9.04. The van der Waals surface area contributed by atoms with Crippen LogP contribution in [0.25, 0.3) is 0 Å². The fourth-order valence-electron chi connectivity index (χ4n) is 6.49. The molecule has 8 unspecified atom stereocenters. The number of thioether (sulfide) groups is 2. The normalized spacial score (nSPS) is 43.3. The van der Waals surface area contributed by atoms with E-state index in [1.807, 2.05) is 11.8 Å². The highest BCUT2D eigenvalue weighted by atomic mass is 32.2. The van der Waals surface area contributed by atoms with Gasteiger partial charge in [-0.1, -0.05) is 12.8 Å². The third kappa shape index (κ3) is 6.30. The van der Waals surface area contributed by atoms with E-state index >= 15 is 0 Å². The predicted octanol–water partition coefficient (Wildman–Crippen LogP) is -1.80. The summed E-state index contributed by atoms with van der Waals surface area (Å²) >= 11 is 3.59. The summed E-state index contributed by atoms with van der Waals surface area (Å²) in [5, 5.41) is 19.2. The maximum absolute atomic E-state index is 12.9. The van der Waals surface area contributed by atoms with Gasteiger partial charge in [0.05, 0.1) is 52.9 Å². The van der Waals surface area contributed by atoms with Crippen LogP contribution in [0.1, 0.15) is 25.7 Å². The van der Waals surface area contributed by atoms with Crippen LogP contribution in [-0.4, -0.2) is 109 Å². The van der Waals surface area contributed by atoms with Crippen LogP contribution in [0.15, 0.2) is 11.1 Å². The number of carbonyl (C=O) groups is 2. The van der Waals surface area contributed by atoms with Gasteiger partial charge >= 0.3 is 0 Å². The lowest BCUT2D eigenvalue weighted by atomic mass is 9.91. The summed E-state index contributed by atoms with van der Waals surface area (Å²) < 4.78 is 11.5. The van der Waals surface area contributed by atoms with E-state index in [1.54, 1.807) is 17.8 Å². The fraction of sp³-hybridized carbons (Fsp3) is 0.840. The Bertz CT molecular complexity index is 940. The molecule has 1 saturated carbocycles. The molecule has 0 radical (unpaired) electrons. The van der Waals surface area contributed by atoms with Crippen molar-refractivity contribution in [2.45, 2.75) is 72.3 Å². The first-order valence-electron chi connectivity index (χ1n) is 14.3. The molecule has 39 heavy (non-hydrogen) atoms. The molecule has 0 aromatic carbocycles. The van der Waals surface area contributed by atoms with Crippen LogP contribution in [-0.2, 0) is 19.1 Å². The lowest BCUT2D eigenvalue weighted by molar-refractivity contribution is -0.124. The molecule has 10 atom stereocenters. The van der Waals surface area contributed by atoms with E-state index in [9.17, 15) is 9.59 Å². The van der Waals surface area contributed by atoms with Crippen molar-refractivity contribution >= 4 is 35.2 Å². The second-order valence-corrected chi connectivity index (χ2v) is 13.9. The fourth-order valence-corrected chi connectivity index (χ4v) is 9.54. The van der Waals surface area contributed by atoms with Crippen LogP contribution in [0, 0.1) is 11.8 Å². The number of rotatable bonds is 7. The van der Waals surface area contributed by atoms with Crippen LogP contribution < -0.4 is 38.1 Å². The van der Waals surface area contributed by atoms with Gasteiger partial charge in [0.2, 0.25) is 5.91 Å². The second kappa shape index (κ2) is 12.5. The zero-order valence-electron chi connectivity index (χ0n) is 22.2. The number of nitrogens with two attached hydrogens (primary N) is 2. The van der Waals surface area contributed by atoms with Crippen molar-refractivity contribution in [2.75, 3.05) is 46.0 Å². The Balaban J connectivity index is 1.06. The molecule has 9 N–H and O–H groups in total. The summed E-state index contributed by atoms with van der Waals surface area (Å²) in [4.78, 5) is 27.5. The molecule has 218 valence electrons. The minimum Gasteiger partial charge on any atom is -0.378 e. The maximum atomic E-state index is 12.9. The highest BCUT2D eigenvalue weighted by Gasteiger charge is 2.50. The molecule has 0 aromatic rings. The molecule has 1 aliphatic carbocycles. The van der Waals surface area contributed by atoms with Crippen molar-refractivity contribution in [3.8, 4) is 0 Å². The highest BCUT2D eigenvalue weighted by Crippen LogP contribution is 2.45. The third-order valence-electron chi connectivity index (χ3n) is 8.74. The number of amides is 1. The van der Waals surface area contributed by atoms with Gasteiger partial charge in [0.15, 0.2) is 5.78 Å². The Morgan fingerprint density at radius 3 is 2.74 bits per heavy atom. The number of carbonyl (C=O) groups excluding carboxylic acids is 2. The van der Waals surface area contributed by atoms with Crippen LogP contribution in [0.5, 0.6) is 0 Å². The van der Waals surface area contributed by atoms with E-state index in [0.29, 0.717) is 26.4 Å². The molecule has 14 heteroatoms. The topological polar surface area (TPSA) is 168 Å². The van der Waals surface area contributed by atoms with Gasteiger partial charge in [-0.05, 0) is 12.8 Å². The third-order valence-corrected chi connectivity index (χ3v) is 11.7. The van der Waals surface area contributed by atoms with Gasteiger partial charge in [-0.3, -0.25) is 30.9 Å². The average molecular weight is 583 g/mol. The molecule has 4 saturated heterocycles. The van der Waals surface area contributed by atoms with Crippen molar-refractivity contribution in [1.29, 1.82) is 0 Å². The van der Waals surface area contributed by atoms with Crippen LogP contribution in [0.3, 0.4) is 0 Å². The Morgan fingerprint density at radius 1 is 1.13 bits per heavy atom. The van der Waals surface area contributed by atoms with Crippen LogP contribution >= 0.6 is 23.5 Å².